The molecule has 2 N–H and O–H groups in total. The molecule has 1 aliphatic rings. The number of benzene rings is 1. The van der Waals surface area contributed by atoms with Gasteiger partial charge in [0.15, 0.2) is 0 Å². The average molecular weight is 281 g/mol. The number of halogens is 1. The molecule has 1 fully saturated rings. The highest BCUT2D eigenvalue weighted by Crippen LogP contribution is 2.21. The minimum Gasteiger partial charge on any atom is -0.480 e. The monoisotopic (exact) mass is 281 g/mol. The number of nitrogens with one attached hydrogen (secondary N) is 1. The van der Waals surface area contributed by atoms with Gasteiger partial charge in [0, 0.05) is 26.1 Å². The Morgan fingerprint density at radius 1 is 1.35 bits per heavy atom. The summed E-state index contributed by atoms with van der Waals surface area (Å²) in [5.41, 5.74) is -0.766. The lowest BCUT2D eigenvalue weighted by atomic mass is 9.90. The molecule has 108 valence electrons. The summed E-state index contributed by atoms with van der Waals surface area (Å²) < 4.78 is 18.2. The third kappa shape index (κ3) is 3.33. The highest BCUT2D eigenvalue weighted by Gasteiger charge is 2.41. The van der Waals surface area contributed by atoms with Crippen LogP contribution in [0, 0.1) is 5.82 Å². The van der Waals surface area contributed by atoms with E-state index in [0.717, 1.165) is 0 Å². The van der Waals surface area contributed by atoms with E-state index in [-0.39, 0.29) is 19.3 Å². The smallest absolute Gasteiger partial charge is 0.329 e. The molecule has 20 heavy (non-hydrogen) atoms. The van der Waals surface area contributed by atoms with Gasteiger partial charge in [-0.15, -0.1) is 0 Å². The fraction of sp³-hybridized carbons (Fsp3) is 0.429. The lowest BCUT2D eigenvalue weighted by molar-refractivity contribution is -0.152. The van der Waals surface area contributed by atoms with Crippen molar-refractivity contribution < 1.29 is 23.8 Å². The maximum Gasteiger partial charge on any atom is 0.329 e. The van der Waals surface area contributed by atoms with Crippen molar-refractivity contribution in [2.45, 2.75) is 24.8 Å². The number of carbonyl (C=O) groups excluding carboxylic acids is 1. The molecule has 1 amide bonds. The van der Waals surface area contributed by atoms with Gasteiger partial charge in [-0.1, -0.05) is 12.1 Å². The molecular formula is C14H16FNO4. The summed E-state index contributed by atoms with van der Waals surface area (Å²) in [6, 6.07) is 5.69. The van der Waals surface area contributed by atoms with Crippen molar-refractivity contribution >= 4 is 11.9 Å². The Labute approximate surface area is 115 Å². The van der Waals surface area contributed by atoms with E-state index in [9.17, 15) is 19.1 Å². The van der Waals surface area contributed by atoms with Crippen LogP contribution in [0.25, 0.3) is 0 Å². The number of carboxylic acids is 1. The second-order valence-corrected chi connectivity index (χ2v) is 4.85. The van der Waals surface area contributed by atoms with Crippen LogP contribution in [-0.2, 0) is 20.7 Å². The predicted molar refractivity (Wildman–Crippen MR) is 68.7 cm³/mol. The largest absolute Gasteiger partial charge is 0.480 e. The highest BCUT2D eigenvalue weighted by molar-refractivity contribution is 5.88. The van der Waals surface area contributed by atoms with Crippen LogP contribution in [0.15, 0.2) is 24.3 Å². The number of hydrogen-bond donors (Lipinski definition) is 2. The van der Waals surface area contributed by atoms with Crippen molar-refractivity contribution in [3.05, 3.63) is 35.6 Å². The first-order valence-electron chi connectivity index (χ1n) is 6.38. The van der Waals surface area contributed by atoms with Crippen LogP contribution in [0.5, 0.6) is 0 Å². The number of aliphatic carboxylic acids is 1. The van der Waals surface area contributed by atoms with Crippen molar-refractivity contribution in [2.24, 2.45) is 0 Å². The zero-order chi connectivity index (χ0) is 14.6. The van der Waals surface area contributed by atoms with Gasteiger partial charge >= 0.3 is 5.97 Å². The van der Waals surface area contributed by atoms with Crippen LogP contribution in [0.3, 0.4) is 0 Å². The van der Waals surface area contributed by atoms with Gasteiger partial charge in [0.2, 0.25) is 5.91 Å². The van der Waals surface area contributed by atoms with Gasteiger partial charge in [0.1, 0.15) is 11.4 Å². The Bertz CT molecular complexity index is 512. The van der Waals surface area contributed by atoms with E-state index in [1.165, 1.54) is 18.2 Å². The first-order valence-corrected chi connectivity index (χ1v) is 6.38. The second-order valence-electron chi connectivity index (χ2n) is 4.85. The number of hydrogen-bond acceptors (Lipinski definition) is 3. The molecule has 0 spiro atoms. The van der Waals surface area contributed by atoms with E-state index >= 15 is 0 Å². The maximum absolute atomic E-state index is 13.0. The standard InChI is InChI=1S/C14H16FNO4/c15-11-3-1-2-10(8-11)9-12(17)16-14(13(18)19)4-6-20-7-5-14/h1-3,8H,4-7,9H2,(H,16,17)(H,18,19). The van der Waals surface area contributed by atoms with Gasteiger partial charge < -0.3 is 15.2 Å². The van der Waals surface area contributed by atoms with E-state index in [0.29, 0.717) is 18.8 Å². The molecule has 1 aliphatic heterocycles. The summed E-state index contributed by atoms with van der Waals surface area (Å²) >= 11 is 0. The van der Waals surface area contributed by atoms with E-state index in [1.54, 1.807) is 6.07 Å². The fourth-order valence-corrected chi connectivity index (χ4v) is 2.26. The molecule has 1 aromatic carbocycles. The average Bonchev–Trinajstić information content (AvgIpc) is 2.39. The Hall–Kier alpha value is -1.95. The summed E-state index contributed by atoms with van der Waals surface area (Å²) in [4.78, 5) is 23.4. The zero-order valence-electron chi connectivity index (χ0n) is 10.9. The Morgan fingerprint density at radius 2 is 2.05 bits per heavy atom. The van der Waals surface area contributed by atoms with E-state index in [2.05, 4.69) is 5.32 Å². The Balaban J connectivity index is 2.03. The van der Waals surface area contributed by atoms with E-state index in [1.807, 2.05) is 0 Å². The molecule has 0 saturated carbocycles. The van der Waals surface area contributed by atoms with Crippen molar-refractivity contribution in [1.82, 2.24) is 5.32 Å². The molecule has 1 aromatic rings. The Kier molecular flexibility index (Phi) is 4.34. The van der Waals surface area contributed by atoms with E-state index in [4.69, 9.17) is 4.74 Å². The van der Waals surface area contributed by atoms with Gasteiger partial charge in [-0.2, -0.15) is 0 Å². The number of amides is 1. The zero-order valence-corrected chi connectivity index (χ0v) is 10.9. The highest BCUT2D eigenvalue weighted by atomic mass is 19.1. The van der Waals surface area contributed by atoms with Crippen LogP contribution < -0.4 is 5.32 Å². The van der Waals surface area contributed by atoms with Gasteiger partial charge in [0.05, 0.1) is 6.42 Å². The third-order valence-corrected chi connectivity index (χ3v) is 3.39. The lowest BCUT2D eigenvalue weighted by Gasteiger charge is -2.33. The van der Waals surface area contributed by atoms with Crippen LogP contribution in [0.2, 0.25) is 0 Å². The third-order valence-electron chi connectivity index (χ3n) is 3.39. The molecule has 0 radical (unpaired) electrons. The molecule has 1 heterocycles. The summed E-state index contributed by atoms with van der Waals surface area (Å²) in [5, 5.41) is 11.9. The number of ether oxygens (including phenoxy) is 1. The molecule has 1 saturated heterocycles. The molecule has 0 bridgehead atoms. The molecule has 0 aliphatic carbocycles. The number of rotatable bonds is 4. The second kappa shape index (κ2) is 6.00. The van der Waals surface area contributed by atoms with Gasteiger partial charge in [-0.05, 0) is 17.7 Å². The van der Waals surface area contributed by atoms with Gasteiger partial charge in [-0.25, -0.2) is 9.18 Å². The van der Waals surface area contributed by atoms with Crippen LogP contribution in [0.1, 0.15) is 18.4 Å². The number of carboxylic acid groups (broad SMARTS) is 1. The van der Waals surface area contributed by atoms with Crippen LogP contribution in [-0.4, -0.2) is 35.7 Å². The summed E-state index contributed by atoms with van der Waals surface area (Å²) in [5.74, 6) is -1.91. The maximum atomic E-state index is 13.0. The molecule has 6 heteroatoms. The van der Waals surface area contributed by atoms with Crippen molar-refractivity contribution in [1.29, 1.82) is 0 Å². The number of carbonyl (C=O) groups is 2. The molecule has 0 aromatic heterocycles. The van der Waals surface area contributed by atoms with E-state index < -0.39 is 23.2 Å². The molecule has 0 unspecified atom stereocenters. The topological polar surface area (TPSA) is 75.6 Å². The van der Waals surface area contributed by atoms with Crippen molar-refractivity contribution in [2.75, 3.05) is 13.2 Å². The van der Waals surface area contributed by atoms with Crippen molar-refractivity contribution in [3.63, 3.8) is 0 Å². The molecule has 5 nitrogen and oxygen atoms in total. The molecular weight excluding hydrogens is 265 g/mol. The lowest BCUT2D eigenvalue weighted by Crippen LogP contribution is -2.57. The summed E-state index contributed by atoms with van der Waals surface area (Å²) in [6.45, 7) is 0.596. The minimum absolute atomic E-state index is 0.0480. The fourth-order valence-electron chi connectivity index (χ4n) is 2.26. The molecule has 2 rings (SSSR count). The summed E-state index contributed by atoms with van der Waals surface area (Å²) in [7, 11) is 0. The van der Waals surface area contributed by atoms with Crippen LogP contribution >= 0.6 is 0 Å². The van der Waals surface area contributed by atoms with Crippen LogP contribution in [0.4, 0.5) is 4.39 Å². The van der Waals surface area contributed by atoms with Crippen molar-refractivity contribution in [3.8, 4) is 0 Å². The van der Waals surface area contributed by atoms with Gasteiger partial charge in [0.25, 0.3) is 0 Å². The SMILES string of the molecule is O=C(Cc1cccc(F)c1)NC1(C(=O)O)CCOCC1. The van der Waals surface area contributed by atoms with Gasteiger partial charge in [-0.3, -0.25) is 4.79 Å². The quantitative estimate of drug-likeness (QED) is 0.867. The summed E-state index contributed by atoms with van der Waals surface area (Å²) in [6.07, 6.45) is 0.419. The first-order chi connectivity index (χ1) is 9.52. The first kappa shape index (κ1) is 14.5. The predicted octanol–water partition coefficient (Wildman–Crippen LogP) is 1.12. The minimum atomic E-state index is -1.28. The normalized spacial score (nSPS) is 17.4. The molecule has 0 atom stereocenters. The Morgan fingerprint density at radius 3 is 2.65 bits per heavy atom.